The Morgan fingerprint density at radius 3 is 2.88 bits per heavy atom. The van der Waals surface area contributed by atoms with Crippen molar-refractivity contribution in [2.45, 2.75) is 0 Å². The number of nitrogen functional groups attached to an aromatic ring is 1. The van der Waals surface area contributed by atoms with Crippen molar-refractivity contribution in [2.75, 3.05) is 5.73 Å². The highest BCUT2D eigenvalue weighted by Gasteiger charge is 2.12. The third kappa shape index (κ3) is 1.29. The van der Waals surface area contributed by atoms with Crippen LogP contribution in [0.25, 0.3) is 22.3 Å². The maximum atomic E-state index is 5.64. The predicted molar refractivity (Wildman–Crippen MR) is 66.2 cm³/mol. The molecule has 0 radical (unpaired) electrons. The van der Waals surface area contributed by atoms with Crippen LogP contribution in [0.3, 0.4) is 0 Å². The van der Waals surface area contributed by atoms with Crippen molar-refractivity contribution < 1.29 is 0 Å². The molecule has 16 heavy (non-hydrogen) atoms. The van der Waals surface area contributed by atoms with E-state index in [4.69, 9.17) is 5.73 Å². The molecule has 3 rings (SSSR count). The molecular formula is C11H10N4S. The van der Waals surface area contributed by atoms with Crippen LogP contribution in [-0.4, -0.2) is 14.8 Å². The molecule has 0 aliphatic heterocycles. The number of nitrogens with zero attached hydrogens (tertiary/aromatic N) is 3. The van der Waals surface area contributed by atoms with Gasteiger partial charge in [-0.1, -0.05) is 18.2 Å². The molecular weight excluding hydrogens is 220 g/mol. The van der Waals surface area contributed by atoms with Gasteiger partial charge in [0.1, 0.15) is 11.4 Å². The van der Waals surface area contributed by atoms with Crippen molar-refractivity contribution in [1.29, 1.82) is 0 Å². The Balaban J connectivity index is 2.32. The first-order valence-electron chi connectivity index (χ1n) is 4.89. The van der Waals surface area contributed by atoms with E-state index in [-0.39, 0.29) is 0 Å². The minimum atomic E-state index is 0.574. The average Bonchev–Trinajstić information content (AvgIpc) is 2.84. The fraction of sp³-hybridized carbons (Fsp3) is 0.0909. The normalized spacial score (nSPS) is 11.1. The first kappa shape index (κ1) is 9.35. The molecule has 4 nitrogen and oxygen atoms in total. The van der Waals surface area contributed by atoms with Crippen molar-refractivity contribution in [2.24, 2.45) is 7.05 Å². The molecule has 0 fully saturated rings. The zero-order valence-electron chi connectivity index (χ0n) is 8.71. The first-order chi connectivity index (χ1) is 7.75. The zero-order chi connectivity index (χ0) is 11.1. The molecule has 0 bridgehead atoms. The highest BCUT2D eigenvalue weighted by atomic mass is 32.1. The maximum Gasteiger partial charge on any atom is 0.180 e. The lowest BCUT2D eigenvalue weighted by Crippen LogP contribution is -1.89. The number of benzene rings is 1. The average molecular weight is 230 g/mol. The molecule has 2 heterocycles. The van der Waals surface area contributed by atoms with Crippen LogP contribution >= 0.6 is 11.3 Å². The Bertz CT molecular complexity index is 653. The van der Waals surface area contributed by atoms with Gasteiger partial charge in [-0.05, 0) is 6.07 Å². The summed E-state index contributed by atoms with van der Waals surface area (Å²) in [6, 6.07) is 8.10. The zero-order valence-corrected chi connectivity index (χ0v) is 9.53. The molecule has 2 aromatic heterocycles. The van der Waals surface area contributed by atoms with Crippen LogP contribution in [0.2, 0.25) is 0 Å². The van der Waals surface area contributed by atoms with Gasteiger partial charge in [0, 0.05) is 17.8 Å². The Morgan fingerprint density at radius 2 is 2.12 bits per heavy atom. The van der Waals surface area contributed by atoms with E-state index in [1.54, 1.807) is 0 Å². The van der Waals surface area contributed by atoms with Crippen molar-refractivity contribution in [1.82, 2.24) is 14.8 Å². The van der Waals surface area contributed by atoms with E-state index in [9.17, 15) is 0 Å². The van der Waals surface area contributed by atoms with Crippen LogP contribution in [0.15, 0.2) is 29.6 Å². The molecule has 0 unspecified atom stereocenters. The summed E-state index contributed by atoms with van der Waals surface area (Å²) in [6.07, 6.45) is 0. The summed E-state index contributed by atoms with van der Waals surface area (Å²) in [5.74, 6) is 0. The lowest BCUT2D eigenvalue weighted by atomic mass is 10.2. The predicted octanol–water partition coefficient (Wildman–Crippen LogP) is 2.28. The highest BCUT2D eigenvalue weighted by Crippen LogP contribution is 2.28. The smallest absolute Gasteiger partial charge is 0.180 e. The molecule has 2 N–H and O–H groups in total. The van der Waals surface area contributed by atoms with E-state index < -0.39 is 0 Å². The molecule has 3 aromatic rings. The molecule has 0 atom stereocenters. The van der Waals surface area contributed by atoms with Gasteiger partial charge in [0.15, 0.2) is 5.13 Å². The fourth-order valence-electron chi connectivity index (χ4n) is 1.80. The maximum absolute atomic E-state index is 5.64. The molecule has 0 aliphatic rings. The summed E-state index contributed by atoms with van der Waals surface area (Å²) in [4.78, 5) is 4.26. The van der Waals surface area contributed by atoms with Crippen LogP contribution in [0.4, 0.5) is 5.13 Å². The summed E-state index contributed by atoms with van der Waals surface area (Å²) >= 11 is 1.43. The van der Waals surface area contributed by atoms with Crippen LogP contribution in [-0.2, 0) is 7.05 Å². The number of thiazole rings is 1. The monoisotopic (exact) mass is 230 g/mol. The third-order valence-electron chi connectivity index (χ3n) is 2.52. The Morgan fingerprint density at radius 1 is 1.31 bits per heavy atom. The summed E-state index contributed by atoms with van der Waals surface area (Å²) in [5, 5.41) is 8.09. The van der Waals surface area contributed by atoms with Crippen molar-refractivity contribution in [3.63, 3.8) is 0 Å². The summed E-state index contributed by atoms with van der Waals surface area (Å²) in [7, 11) is 1.93. The van der Waals surface area contributed by atoms with Gasteiger partial charge in [-0.25, -0.2) is 4.98 Å². The molecule has 0 saturated carbocycles. The summed E-state index contributed by atoms with van der Waals surface area (Å²) < 4.78 is 1.86. The summed E-state index contributed by atoms with van der Waals surface area (Å²) in [5.41, 5.74) is 8.48. The van der Waals surface area contributed by atoms with Crippen molar-refractivity contribution in [3.05, 3.63) is 29.6 Å². The number of rotatable bonds is 1. The van der Waals surface area contributed by atoms with Crippen LogP contribution < -0.4 is 5.73 Å². The van der Waals surface area contributed by atoms with Gasteiger partial charge in [-0.3, -0.25) is 4.68 Å². The minimum absolute atomic E-state index is 0.574. The number of nitrogens with two attached hydrogens (primary N) is 1. The molecule has 1 aromatic carbocycles. The van der Waals surface area contributed by atoms with Crippen LogP contribution in [0, 0.1) is 0 Å². The number of aryl methyl sites for hydroxylation is 1. The molecule has 0 amide bonds. The standard InChI is InChI=1S/C11H10N4S/c1-15-9-5-3-2-4-7(9)10(14-15)8-6-16-11(12)13-8/h2-6H,1H3,(H2,12,13). The van der Waals surface area contributed by atoms with Gasteiger partial charge in [0.2, 0.25) is 0 Å². The number of aromatic nitrogens is 3. The fourth-order valence-corrected chi connectivity index (χ4v) is 2.35. The molecule has 0 aliphatic carbocycles. The van der Waals surface area contributed by atoms with E-state index in [1.165, 1.54) is 11.3 Å². The molecule has 0 saturated heterocycles. The Hall–Kier alpha value is -1.88. The number of hydrogen-bond donors (Lipinski definition) is 1. The molecule has 0 spiro atoms. The van der Waals surface area contributed by atoms with E-state index in [2.05, 4.69) is 10.1 Å². The van der Waals surface area contributed by atoms with Gasteiger partial charge >= 0.3 is 0 Å². The Kier molecular flexibility index (Phi) is 1.94. The molecule has 80 valence electrons. The van der Waals surface area contributed by atoms with Crippen LogP contribution in [0.1, 0.15) is 0 Å². The van der Waals surface area contributed by atoms with Crippen molar-refractivity contribution in [3.8, 4) is 11.4 Å². The third-order valence-corrected chi connectivity index (χ3v) is 3.20. The Labute approximate surface area is 96.3 Å². The lowest BCUT2D eigenvalue weighted by Gasteiger charge is -1.91. The van der Waals surface area contributed by atoms with Gasteiger partial charge in [-0.15, -0.1) is 11.3 Å². The number of para-hydroxylation sites is 1. The SMILES string of the molecule is Cn1nc(-c2csc(N)n2)c2ccccc21. The van der Waals surface area contributed by atoms with Gasteiger partial charge in [-0.2, -0.15) is 5.10 Å². The van der Waals surface area contributed by atoms with Gasteiger partial charge in [0.25, 0.3) is 0 Å². The van der Waals surface area contributed by atoms with Gasteiger partial charge < -0.3 is 5.73 Å². The van der Waals surface area contributed by atoms with Crippen molar-refractivity contribution >= 4 is 27.4 Å². The van der Waals surface area contributed by atoms with E-state index in [1.807, 2.05) is 41.4 Å². The molecule has 5 heteroatoms. The van der Waals surface area contributed by atoms with E-state index in [0.717, 1.165) is 22.3 Å². The second-order valence-electron chi connectivity index (χ2n) is 3.56. The van der Waals surface area contributed by atoms with E-state index in [0.29, 0.717) is 5.13 Å². The first-order valence-corrected chi connectivity index (χ1v) is 5.77. The highest BCUT2D eigenvalue weighted by molar-refractivity contribution is 7.13. The number of anilines is 1. The largest absolute Gasteiger partial charge is 0.375 e. The second kappa shape index (κ2) is 3.31. The quantitative estimate of drug-likeness (QED) is 0.697. The summed E-state index contributed by atoms with van der Waals surface area (Å²) in [6.45, 7) is 0. The topological polar surface area (TPSA) is 56.7 Å². The lowest BCUT2D eigenvalue weighted by molar-refractivity contribution is 0.799. The minimum Gasteiger partial charge on any atom is -0.375 e. The van der Waals surface area contributed by atoms with Gasteiger partial charge in [0.05, 0.1) is 5.52 Å². The second-order valence-corrected chi connectivity index (χ2v) is 4.45. The number of fused-ring (bicyclic) bond motifs is 1. The van der Waals surface area contributed by atoms with Crippen LogP contribution in [0.5, 0.6) is 0 Å². The number of hydrogen-bond acceptors (Lipinski definition) is 4. The van der Waals surface area contributed by atoms with E-state index >= 15 is 0 Å².